The maximum Gasteiger partial charge on any atom is 0.258 e. The van der Waals surface area contributed by atoms with Crippen molar-refractivity contribution in [1.82, 2.24) is 14.5 Å². The molecule has 24 heavy (non-hydrogen) atoms. The third kappa shape index (κ3) is 1.96. The third-order valence-electron chi connectivity index (χ3n) is 4.25. The van der Waals surface area contributed by atoms with Crippen molar-refractivity contribution >= 4 is 39.2 Å². The highest BCUT2D eigenvalue weighted by atomic mass is 32.2. The Morgan fingerprint density at radius 1 is 1.21 bits per heavy atom. The monoisotopic (exact) mass is 342 g/mol. The topological polar surface area (TPSA) is 84.3 Å². The predicted molar refractivity (Wildman–Crippen MR) is 89.4 cm³/mol. The van der Waals surface area contributed by atoms with Gasteiger partial charge < -0.3 is 0 Å². The van der Waals surface area contributed by atoms with E-state index in [1.807, 2.05) is 38.1 Å². The van der Waals surface area contributed by atoms with Crippen LogP contribution in [0.25, 0.3) is 5.03 Å². The van der Waals surface area contributed by atoms with Gasteiger partial charge >= 0.3 is 0 Å². The first-order chi connectivity index (χ1) is 11.4. The zero-order chi connectivity index (χ0) is 17.1. The number of hydrogen-bond donors (Lipinski definition) is 1. The molecule has 0 bridgehead atoms. The number of nitrogens with zero attached hydrogens (tertiary/aromatic N) is 3. The summed E-state index contributed by atoms with van der Waals surface area (Å²) in [5.41, 5.74) is 1.69. The van der Waals surface area contributed by atoms with Gasteiger partial charge in [0.15, 0.2) is 16.0 Å². The molecule has 8 heteroatoms. The maximum atomic E-state index is 12.9. The second-order valence-corrected chi connectivity index (χ2v) is 7.30. The minimum atomic E-state index is -1.64. The van der Waals surface area contributed by atoms with E-state index >= 15 is 0 Å². The molecule has 1 atom stereocenters. The molecule has 0 spiro atoms. The summed E-state index contributed by atoms with van der Waals surface area (Å²) in [6.45, 7) is 3.77. The van der Waals surface area contributed by atoms with Gasteiger partial charge in [-0.1, -0.05) is 18.2 Å². The normalized spacial score (nSPS) is 21.7. The predicted octanol–water partition coefficient (Wildman–Crippen LogP) is 1.43. The van der Waals surface area contributed by atoms with E-state index < -0.39 is 22.3 Å². The number of amides is 2. The van der Waals surface area contributed by atoms with Crippen molar-refractivity contribution in [3.63, 3.8) is 0 Å². The SMILES string of the molecule is CC1(C)C(=O)N(c2cnn(C3=CC(=O)NS3=O)c2)c2ccccc21. The van der Waals surface area contributed by atoms with Gasteiger partial charge in [-0.15, -0.1) is 0 Å². The molecule has 2 aliphatic rings. The van der Waals surface area contributed by atoms with E-state index in [-0.39, 0.29) is 10.9 Å². The molecule has 1 N–H and O–H groups in total. The molecule has 0 fully saturated rings. The van der Waals surface area contributed by atoms with Gasteiger partial charge in [0.05, 0.1) is 29.2 Å². The number of para-hydroxylation sites is 1. The van der Waals surface area contributed by atoms with Gasteiger partial charge in [-0.3, -0.25) is 19.2 Å². The van der Waals surface area contributed by atoms with Crippen molar-refractivity contribution < 1.29 is 13.8 Å². The van der Waals surface area contributed by atoms with Gasteiger partial charge in [0.2, 0.25) is 5.91 Å². The Labute approximate surface area is 140 Å². The summed E-state index contributed by atoms with van der Waals surface area (Å²) in [5.74, 6) is -0.483. The largest absolute Gasteiger partial charge is 0.277 e. The van der Waals surface area contributed by atoms with E-state index in [4.69, 9.17) is 0 Å². The Balaban J connectivity index is 1.79. The standard InChI is InChI=1S/C16H14N4O3S/c1-16(2)11-5-3-4-6-12(11)20(15(16)22)10-8-17-19(9-10)14-7-13(21)18-24(14)23/h3-9H,1-2H3,(H,18,21). The first kappa shape index (κ1) is 14.8. The Morgan fingerprint density at radius 3 is 2.67 bits per heavy atom. The molecule has 1 aromatic carbocycles. The Morgan fingerprint density at radius 2 is 1.96 bits per heavy atom. The molecule has 122 valence electrons. The van der Waals surface area contributed by atoms with Crippen LogP contribution in [-0.2, 0) is 26.0 Å². The molecular weight excluding hydrogens is 328 g/mol. The molecule has 7 nitrogen and oxygen atoms in total. The molecule has 2 aromatic rings. The lowest BCUT2D eigenvalue weighted by molar-refractivity contribution is -0.121. The van der Waals surface area contributed by atoms with Gasteiger partial charge in [0, 0.05) is 6.08 Å². The molecule has 1 unspecified atom stereocenters. The van der Waals surface area contributed by atoms with Gasteiger partial charge in [-0.2, -0.15) is 5.10 Å². The summed E-state index contributed by atoms with van der Waals surface area (Å²) < 4.78 is 15.5. The lowest BCUT2D eigenvalue weighted by atomic mass is 9.86. The number of carbonyl (C=O) groups is 2. The molecule has 3 heterocycles. The van der Waals surface area contributed by atoms with Crippen LogP contribution in [0.3, 0.4) is 0 Å². The van der Waals surface area contributed by atoms with Crippen LogP contribution < -0.4 is 9.62 Å². The summed E-state index contributed by atoms with van der Waals surface area (Å²) in [7, 11) is -1.64. The van der Waals surface area contributed by atoms with Crippen LogP contribution >= 0.6 is 0 Å². The zero-order valence-corrected chi connectivity index (χ0v) is 13.8. The third-order valence-corrected chi connectivity index (χ3v) is 5.32. The molecule has 2 aliphatic heterocycles. The lowest BCUT2D eigenvalue weighted by Gasteiger charge is -2.18. The number of hydrogen-bond acceptors (Lipinski definition) is 4. The number of fused-ring (bicyclic) bond motifs is 1. The van der Waals surface area contributed by atoms with Gasteiger partial charge in [0.1, 0.15) is 0 Å². The molecule has 0 saturated carbocycles. The Kier molecular flexibility index (Phi) is 3.01. The van der Waals surface area contributed by atoms with Crippen molar-refractivity contribution in [2.45, 2.75) is 19.3 Å². The summed E-state index contributed by atoms with van der Waals surface area (Å²) in [4.78, 5) is 25.8. The van der Waals surface area contributed by atoms with Crippen LogP contribution in [0.2, 0.25) is 0 Å². The van der Waals surface area contributed by atoms with Crippen LogP contribution in [0.1, 0.15) is 19.4 Å². The number of benzene rings is 1. The minimum absolute atomic E-state index is 0.0565. The lowest BCUT2D eigenvalue weighted by Crippen LogP contribution is -2.33. The van der Waals surface area contributed by atoms with Crippen molar-refractivity contribution in [1.29, 1.82) is 0 Å². The summed E-state index contributed by atoms with van der Waals surface area (Å²) >= 11 is 0. The van der Waals surface area contributed by atoms with E-state index in [1.54, 1.807) is 11.1 Å². The first-order valence-corrected chi connectivity index (χ1v) is 8.48. The van der Waals surface area contributed by atoms with Crippen LogP contribution in [0.5, 0.6) is 0 Å². The fraction of sp³-hybridized carbons (Fsp3) is 0.188. The van der Waals surface area contributed by atoms with E-state index in [0.717, 1.165) is 11.3 Å². The van der Waals surface area contributed by atoms with Crippen molar-refractivity contribution in [2.24, 2.45) is 0 Å². The number of rotatable bonds is 2. The highest BCUT2D eigenvalue weighted by Gasteiger charge is 2.44. The zero-order valence-electron chi connectivity index (χ0n) is 13.0. The fourth-order valence-electron chi connectivity index (χ4n) is 3.00. The summed E-state index contributed by atoms with van der Waals surface area (Å²) in [6.07, 6.45) is 4.35. The smallest absolute Gasteiger partial charge is 0.258 e. The summed E-state index contributed by atoms with van der Waals surface area (Å²) in [6, 6.07) is 7.61. The maximum absolute atomic E-state index is 12.9. The number of anilines is 2. The van der Waals surface area contributed by atoms with E-state index in [0.29, 0.717) is 5.69 Å². The van der Waals surface area contributed by atoms with Gasteiger partial charge in [-0.05, 0) is 25.5 Å². The second-order valence-electron chi connectivity index (χ2n) is 6.14. The molecule has 4 rings (SSSR count). The number of aromatic nitrogens is 2. The Bertz CT molecular complexity index is 944. The van der Waals surface area contributed by atoms with Crippen LogP contribution in [0.15, 0.2) is 42.7 Å². The average molecular weight is 342 g/mol. The van der Waals surface area contributed by atoms with Gasteiger partial charge in [0.25, 0.3) is 5.91 Å². The number of carbonyl (C=O) groups excluding carboxylic acids is 2. The van der Waals surface area contributed by atoms with Crippen LogP contribution in [0, 0.1) is 0 Å². The first-order valence-electron chi connectivity index (χ1n) is 7.33. The highest BCUT2D eigenvalue weighted by Crippen LogP contribution is 2.45. The summed E-state index contributed by atoms with van der Waals surface area (Å²) in [5, 5.41) is 4.39. The van der Waals surface area contributed by atoms with Gasteiger partial charge in [-0.25, -0.2) is 8.89 Å². The van der Waals surface area contributed by atoms with E-state index in [1.165, 1.54) is 17.0 Å². The van der Waals surface area contributed by atoms with Crippen LogP contribution in [-0.4, -0.2) is 25.8 Å². The molecule has 0 aliphatic carbocycles. The molecule has 2 amide bonds. The van der Waals surface area contributed by atoms with Crippen molar-refractivity contribution in [2.75, 3.05) is 4.90 Å². The molecule has 0 saturated heterocycles. The van der Waals surface area contributed by atoms with Crippen molar-refractivity contribution in [3.8, 4) is 0 Å². The minimum Gasteiger partial charge on any atom is -0.277 e. The molecular formula is C16H14N4O3S. The quantitative estimate of drug-likeness (QED) is 0.895. The van der Waals surface area contributed by atoms with E-state index in [2.05, 4.69) is 9.82 Å². The number of nitrogens with one attached hydrogen (secondary N) is 1. The molecule has 1 aromatic heterocycles. The van der Waals surface area contributed by atoms with Crippen molar-refractivity contribution in [3.05, 3.63) is 48.3 Å². The fourth-order valence-corrected chi connectivity index (χ4v) is 3.83. The second kappa shape index (κ2) is 4.88. The average Bonchev–Trinajstić information content (AvgIpc) is 3.18. The van der Waals surface area contributed by atoms with E-state index in [9.17, 15) is 13.8 Å². The Hall–Kier alpha value is -2.74. The van der Waals surface area contributed by atoms with Crippen LogP contribution in [0.4, 0.5) is 11.4 Å². The molecule has 0 radical (unpaired) electrons. The highest BCUT2D eigenvalue weighted by molar-refractivity contribution is 7.93.